The molecule has 0 saturated carbocycles. The van der Waals surface area contributed by atoms with Crippen molar-refractivity contribution in [1.82, 2.24) is 4.90 Å². The number of likely N-dealkylation sites (tertiary alicyclic amines) is 1. The molecule has 1 fully saturated rings. The van der Waals surface area contributed by atoms with E-state index in [9.17, 15) is 9.59 Å². The number of benzene rings is 2. The first-order valence-corrected chi connectivity index (χ1v) is 8.98. The average Bonchev–Trinajstić information content (AvgIpc) is 2.68. The number of nitrogen functional groups attached to an aromatic ring is 1. The Labute approximate surface area is 158 Å². The van der Waals surface area contributed by atoms with E-state index in [0.29, 0.717) is 25.1 Å². The van der Waals surface area contributed by atoms with E-state index in [4.69, 9.17) is 16.2 Å². The molecule has 2 aromatic rings. The van der Waals surface area contributed by atoms with Gasteiger partial charge in [0.15, 0.2) is 0 Å². The number of amides is 1. The quantitative estimate of drug-likeness (QED) is 0.559. The summed E-state index contributed by atoms with van der Waals surface area (Å²) >= 11 is 0. The van der Waals surface area contributed by atoms with Crippen LogP contribution in [0.4, 0.5) is 0 Å². The van der Waals surface area contributed by atoms with Crippen molar-refractivity contribution in [3.8, 4) is 11.1 Å². The molecule has 6 heteroatoms. The maximum Gasteiger partial charge on any atom is 0.308 e. The summed E-state index contributed by atoms with van der Waals surface area (Å²) in [7, 11) is 0. The molecule has 1 aliphatic heterocycles. The van der Waals surface area contributed by atoms with Gasteiger partial charge in [-0.25, -0.2) is 0 Å². The molecule has 0 radical (unpaired) electrons. The zero-order valence-corrected chi connectivity index (χ0v) is 15.0. The lowest BCUT2D eigenvalue weighted by Crippen LogP contribution is -2.42. The number of hydrogen-bond donors (Lipinski definition) is 3. The van der Waals surface area contributed by atoms with E-state index in [1.54, 1.807) is 4.90 Å². The summed E-state index contributed by atoms with van der Waals surface area (Å²) in [4.78, 5) is 25.3. The molecule has 2 aromatic carbocycles. The molecular weight excluding hydrogens is 342 g/mol. The molecule has 0 bridgehead atoms. The second-order valence-corrected chi connectivity index (χ2v) is 6.88. The number of amidine groups is 1. The van der Waals surface area contributed by atoms with Gasteiger partial charge in [0.2, 0.25) is 5.91 Å². The van der Waals surface area contributed by atoms with Crippen molar-refractivity contribution in [3.05, 3.63) is 59.7 Å². The first kappa shape index (κ1) is 18.6. The molecule has 27 heavy (non-hydrogen) atoms. The molecule has 6 nitrogen and oxygen atoms in total. The highest BCUT2D eigenvalue weighted by molar-refractivity contribution is 5.95. The summed E-state index contributed by atoms with van der Waals surface area (Å²) in [5.74, 6) is -1.27. The van der Waals surface area contributed by atoms with E-state index >= 15 is 0 Å². The van der Waals surface area contributed by atoms with Crippen molar-refractivity contribution in [3.63, 3.8) is 0 Å². The van der Waals surface area contributed by atoms with Gasteiger partial charge in [0.05, 0.1) is 12.3 Å². The average molecular weight is 365 g/mol. The number of rotatable bonds is 5. The van der Waals surface area contributed by atoms with Crippen LogP contribution in [-0.4, -0.2) is 40.8 Å². The van der Waals surface area contributed by atoms with E-state index < -0.39 is 11.9 Å². The van der Waals surface area contributed by atoms with Gasteiger partial charge in [-0.05, 0) is 29.5 Å². The maximum absolute atomic E-state index is 12.5. The van der Waals surface area contributed by atoms with E-state index in [-0.39, 0.29) is 18.2 Å². The number of carbonyl (C=O) groups is 2. The molecule has 1 aliphatic rings. The minimum atomic E-state index is -0.826. The highest BCUT2D eigenvalue weighted by Gasteiger charge is 2.27. The summed E-state index contributed by atoms with van der Waals surface area (Å²) in [6, 6.07) is 15.2. The smallest absolute Gasteiger partial charge is 0.308 e. The number of carbonyl (C=O) groups excluding carboxylic acids is 1. The van der Waals surface area contributed by atoms with Gasteiger partial charge in [-0.3, -0.25) is 15.0 Å². The Balaban J connectivity index is 1.64. The molecule has 0 aromatic heterocycles. The number of hydrogen-bond acceptors (Lipinski definition) is 3. The minimum Gasteiger partial charge on any atom is -0.481 e. The lowest BCUT2D eigenvalue weighted by molar-refractivity contribution is -0.145. The molecule has 140 valence electrons. The number of nitrogens with zero attached hydrogens (tertiary/aromatic N) is 1. The van der Waals surface area contributed by atoms with Crippen LogP contribution in [0.25, 0.3) is 11.1 Å². The maximum atomic E-state index is 12.5. The fraction of sp³-hybridized carbons (Fsp3) is 0.286. The number of piperidine rings is 1. The van der Waals surface area contributed by atoms with E-state index in [0.717, 1.165) is 23.1 Å². The SMILES string of the molecule is N=C(N)c1ccc(-c2ccc(CC(=O)N3CCCC(C(=O)O)C3)cc2)cc1. The van der Waals surface area contributed by atoms with Crippen LogP contribution in [0.5, 0.6) is 0 Å². The van der Waals surface area contributed by atoms with Crippen LogP contribution in [0.1, 0.15) is 24.0 Å². The summed E-state index contributed by atoms with van der Waals surface area (Å²) in [6.07, 6.45) is 1.64. The number of nitrogens with two attached hydrogens (primary N) is 1. The Morgan fingerprint density at radius 3 is 2.22 bits per heavy atom. The van der Waals surface area contributed by atoms with Crippen LogP contribution in [0.2, 0.25) is 0 Å². The number of carboxylic acid groups (broad SMARTS) is 1. The van der Waals surface area contributed by atoms with Crippen LogP contribution in [-0.2, 0) is 16.0 Å². The molecular formula is C21H23N3O3. The van der Waals surface area contributed by atoms with Gasteiger partial charge in [-0.1, -0.05) is 48.5 Å². The summed E-state index contributed by atoms with van der Waals surface area (Å²) in [5, 5.41) is 16.6. The molecule has 0 aliphatic carbocycles. The second kappa shape index (κ2) is 8.03. The summed E-state index contributed by atoms with van der Waals surface area (Å²) < 4.78 is 0. The molecule has 1 saturated heterocycles. The molecule has 0 spiro atoms. The number of nitrogens with one attached hydrogen (secondary N) is 1. The Morgan fingerprint density at radius 2 is 1.67 bits per heavy atom. The second-order valence-electron chi connectivity index (χ2n) is 6.88. The van der Waals surface area contributed by atoms with Crippen LogP contribution < -0.4 is 5.73 Å². The van der Waals surface area contributed by atoms with Crippen LogP contribution >= 0.6 is 0 Å². The van der Waals surface area contributed by atoms with Crippen molar-refractivity contribution < 1.29 is 14.7 Å². The number of aliphatic carboxylic acids is 1. The van der Waals surface area contributed by atoms with Crippen molar-refractivity contribution in [1.29, 1.82) is 5.41 Å². The lowest BCUT2D eigenvalue weighted by Gasteiger charge is -2.30. The molecule has 1 unspecified atom stereocenters. The molecule has 1 atom stereocenters. The standard InChI is InChI=1S/C21H23N3O3/c22-20(23)17-9-7-16(8-10-17)15-5-3-14(4-6-15)12-19(25)24-11-1-2-18(13-24)21(26)27/h3-10,18H,1-2,11-13H2,(H3,22,23)(H,26,27). The zero-order valence-electron chi connectivity index (χ0n) is 15.0. The van der Waals surface area contributed by atoms with Gasteiger partial charge in [0, 0.05) is 18.7 Å². The Morgan fingerprint density at radius 1 is 1.07 bits per heavy atom. The molecule has 1 heterocycles. The van der Waals surface area contributed by atoms with Gasteiger partial charge in [0.1, 0.15) is 5.84 Å². The normalized spacial score (nSPS) is 16.7. The van der Waals surface area contributed by atoms with E-state index in [2.05, 4.69) is 0 Å². The third-order valence-corrected chi connectivity index (χ3v) is 4.96. The van der Waals surface area contributed by atoms with Crippen LogP contribution in [0, 0.1) is 11.3 Å². The fourth-order valence-electron chi connectivity index (χ4n) is 3.35. The van der Waals surface area contributed by atoms with Gasteiger partial charge >= 0.3 is 5.97 Å². The topological polar surface area (TPSA) is 107 Å². The van der Waals surface area contributed by atoms with Crippen LogP contribution in [0.3, 0.4) is 0 Å². The van der Waals surface area contributed by atoms with E-state index in [1.807, 2.05) is 48.5 Å². The molecule has 1 amide bonds. The molecule has 4 N–H and O–H groups in total. The first-order chi connectivity index (χ1) is 12.9. The van der Waals surface area contributed by atoms with Gasteiger partial charge in [-0.2, -0.15) is 0 Å². The zero-order chi connectivity index (χ0) is 19.4. The minimum absolute atomic E-state index is 0.0282. The Hall–Kier alpha value is -3.15. The summed E-state index contributed by atoms with van der Waals surface area (Å²) in [6.45, 7) is 0.929. The third-order valence-electron chi connectivity index (χ3n) is 4.96. The lowest BCUT2D eigenvalue weighted by atomic mass is 9.97. The first-order valence-electron chi connectivity index (χ1n) is 8.98. The monoisotopic (exact) mass is 365 g/mol. The van der Waals surface area contributed by atoms with Crippen molar-refractivity contribution in [2.45, 2.75) is 19.3 Å². The Kier molecular flexibility index (Phi) is 5.54. The highest BCUT2D eigenvalue weighted by Crippen LogP contribution is 2.22. The molecule has 3 rings (SSSR count). The third kappa shape index (κ3) is 4.53. The fourth-order valence-corrected chi connectivity index (χ4v) is 3.35. The predicted molar refractivity (Wildman–Crippen MR) is 104 cm³/mol. The van der Waals surface area contributed by atoms with Crippen molar-refractivity contribution in [2.75, 3.05) is 13.1 Å². The van der Waals surface area contributed by atoms with Gasteiger partial charge in [-0.15, -0.1) is 0 Å². The van der Waals surface area contributed by atoms with Crippen molar-refractivity contribution in [2.24, 2.45) is 11.7 Å². The van der Waals surface area contributed by atoms with Gasteiger partial charge in [0.25, 0.3) is 0 Å². The van der Waals surface area contributed by atoms with Crippen molar-refractivity contribution >= 4 is 17.7 Å². The largest absolute Gasteiger partial charge is 0.481 e. The Bertz CT molecular complexity index is 844. The van der Waals surface area contributed by atoms with E-state index in [1.165, 1.54) is 0 Å². The van der Waals surface area contributed by atoms with Crippen LogP contribution in [0.15, 0.2) is 48.5 Å². The van der Waals surface area contributed by atoms with Gasteiger partial charge < -0.3 is 15.7 Å². The summed E-state index contributed by atoms with van der Waals surface area (Å²) in [5.41, 5.74) is 9.09. The predicted octanol–water partition coefficient (Wildman–Crippen LogP) is 2.50. The number of carboxylic acids is 1. The highest BCUT2D eigenvalue weighted by atomic mass is 16.4.